The molecule has 0 saturated heterocycles. The van der Waals surface area contributed by atoms with Crippen molar-refractivity contribution in [3.05, 3.63) is 54.4 Å². The first kappa shape index (κ1) is 24.0. The standard InChI is InChI=1S/C20H28N4O2S2/c1-4-17(2)5-8-21-15-19(25)22-9-13-27-28-14-10-23-20(26)16-24-11-6-18(3)7-12-24/h4-8,11-12H,1,9-10,13-16H2,2-3H3,(H-,22,23,25,26)/p+2/b17-5-,21-8?. The number of rotatable bonds is 13. The fourth-order valence-electron chi connectivity index (χ4n) is 1.91. The second kappa shape index (κ2) is 14.9. The zero-order valence-corrected chi connectivity index (χ0v) is 18.2. The third kappa shape index (κ3) is 12.3. The molecule has 0 aliphatic rings. The van der Waals surface area contributed by atoms with Gasteiger partial charge >= 0.3 is 0 Å². The topological polar surface area (TPSA) is 76.0 Å². The number of hydrogen-bond acceptors (Lipinski definition) is 4. The van der Waals surface area contributed by atoms with Gasteiger partial charge in [-0.15, -0.1) is 0 Å². The van der Waals surface area contributed by atoms with Crippen LogP contribution in [0.3, 0.4) is 0 Å². The molecule has 0 spiro atoms. The number of carbonyl (C=O) groups excluding carboxylic acids is 2. The molecule has 0 saturated carbocycles. The Hall–Kier alpha value is -2.06. The maximum Gasteiger partial charge on any atom is 0.286 e. The van der Waals surface area contributed by atoms with Crippen molar-refractivity contribution in [2.75, 3.05) is 31.1 Å². The maximum absolute atomic E-state index is 11.9. The first-order valence-corrected chi connectivity index (χ1v) is 11.6. The van der Waals surface area contributed by atoms with Crippen LogP contribution in [0.15, 0.2) is 48.8 Å². The highest BCUT2D eigenvalue weighted by molar-refractivity contribution is 8.76. The molecule has 28 heavy (non-hydrogen) atoms. The quantitative estimate of drug-likeness (QED) is 0.139. The number of amides is 2. The summed E-state index contributed by atoms with van der Waals surface area (Å²) in [6, 6.07) is 3.96. The average Bonchev–Trinajstić information content (AvgIpc) is 2.68. The van der Waals surface area contributed by atoms with E-state index in [4.69, 9.17) is 0 Å². The lowest BCUT2D eigenvalue weighted by molar-refractivity contribution is -0.684. The van der Waals surface area contributed by atoms with Crippen LogP contribution in [-0.4, -0.2) is 49.2 Å². The lowest BCUT2D eigenvalue weighted by atomic mass is 10.3. The van der Waals surface area contributed by atoms with Crippen LogP contribution < -0.4 is 20.2 Å². The fraction of sp³-hybridized carbons (Fsp3) is 0.400. The molecule has 1 heterocycles. The highest BCUT2D eigenvalue weighted by Crippen LogP contribution is 2.19. The Balaban J connectivity index is 1.98. The molecule has 0 radical (unpaired) electrons. The van der Waals surface area contributed by atoms with Crippen molar-refractivity contribution >= 4 is 39.6 Å². The van der Waals surface area contributed by atoms with Crippen molar-refractivity contribution in [3.63, 3.8) is 0 Å². The minimum Gasteiger partial charge on any atom is -0.350 e. The molecule has 1 aromatic heterocycles. The van der Waals surface area contributed by atoms with Crippen molar-refractivity contribution in [3.8, 4) is 0 Å². The first-order valence-electron chi connectivity index (χ1n) is 9.10. The smallest absolute Gasteiger partial charge is 0.286 e. The van der Waals surface area contributed by atoms with E-state index >= 15 is 0 Å². The van der Waals surface area contributed by atoms with Gasteiger partial charge in [-0.2, -0.15) is 4.57 Å². The molecule has 0 atom stereocenters. The highest BCUT2D eigenvalue weighted by Gasteiger charge is 2.08. The average molecular weight is 423 g/mol. The summed E-state index contributed by atoms with van der Waals surface area (Å²) in [5.74, 6) is 1.62. The highest BCUT2D eigenvalue weighted by atomic mass is 33.1. The number of aromatic nitrogens is 1. The second-order valence-electron chi connectivity index (χ2n) is 6.05. The maximum atomic E-state index is 11.9. The van der Waals surface area contributed by atoms with Crippen LogP contribution >= 0.6 is 21.6 Å². The van der Waals surface area contributed by atoms with Crippen LogP contribution in [-0.2, 0) is 16.1 Å². The minimum atomic E-state index is -0.0348. The van der Waals surface area contributed by atoms with Crippen molar-refractivity contribution in [1.82, 2.24) is 10.6 Å². The molecule has 1 aromatic rings. The number of hydrogen-bond donors (Lipinski definition) is 3. The van der Waals surface area contributed by atoms with Crippen molar-refractivity contribution in [1.29, 1.82) is 0 Å². The number of carbonyl (C=O) groups is 2. The van der Waals surface area contributed by atoms with E-state index in [1.54, 1.807) is 33.9 Å². The van der Waals surface area contributed by atoms with Crippen LogP contribution in [0.5, 0.6) is 0 Å². The van der Waals surface area contributed by atoms with Gasteiger partial charge in [-0.3, -0.25) is 9.59 Å². The Bertz CT molecular complexity index is 688. The van der Waals surface area contributed by atoms with Crippen molar-refractivity contribution < 1.29 is 19.1 Å². The largest absolute Gasteiger partial charge is 0.350 e. The van der Waals surface area contributed by atoms with Crippen molar-refractivity contribution in [2.24, 2.45) is 0 Å². The molecular weight excluding hydrogens is 392 g/mol. The number of nitrogens with zero attached hydrogens (tertiary/aromatic N) is 1. The summed E-state index contributed by atoms with van der Waals surface area (Å²) < 4.78 is 1.86. The Morgan fingerprint density at radius 1 is 1.14 bits per heavy atom. The van der Waals surface area contributed by atoms with Gasteiger partial charge in [-0.1, -0.05) is 34.2 Å². The van der Waals surface area contributed by atoms with Gasteiger partial charge in [-0.25, -0.2) is 4.99 Å². The predicted molar refractivity (Wildman–Crippen MR) is 118 cm³/mol. The summed E-state index contributed by atoms with van der Waals surface area (Å²) in [6.45, 7) is 9.45. The summed E-state index contributed by atoms with van der Waals surface area (Å²) in [6.07, 6.45) is 9.17. The zero-order chi connectivity index (χ0) is 20.6. The Morgan fingerprint density at radius 2 is 1.75 bits per heavy atom. The van der Waals surface area contributed by atoms with E-state index in [-0.39, 0.29) is 18.4 Å². The van der Waals surface area contributed by atoms with Crippen molar-refractivity contribution in [2.45, 2.75) is 20.4 Å². The van der Waals surface area contributed by atoms with Gasteiger partial charge in [0, 0.05) is 42.8 Å². The minimum absolute atomic E-state index is 0.00847. The molecule has 0 aromatic carbocycles. The normalized spacial score (nSPS) is 11.4. The number of allylic oxidation sites excluding steroid dienone is 3. The molecular formula is C20H30N4O2S2+2. The lowest BCUT2D eigenvalue weighted by Gasteiger charge is -2.04. The van der Waals surface area contributed by atoms with E-state index in [2.05, 4.69) is 22.2 Å². The molecule has 8 heteroatoms. The number of aryl methyl sites for hydroxylation is 1. The molecule has 152 valence electrons. The van der Waals surface area contributed by atoms with E-state index in [1.807, 2.05) is 49.0 Å². The third-order valence-electron chi connectivity index (χ3n) is 3.53. The summed E-state index contributed by atoms with van der Waals surface area (Å²) in [5, 5.41) is 5.77. The summed E-state index contributed by atoms with van der Waals surface area (Å²) in [5.41, 5.74) is 2.21. The molecule has 0 aliphatic carbocycles. The molecule has 1 rings (SSSR count). The Morgan fingerprint density at radius 3 is 2.36 bits per heavy atom. The van der Waals surface area contributed by atoms with E-state index < -0.39 is 0 Å². The van der Waals surface area contributed by atoms with E-state index in [0.29, 0.717) is 19.6 Å². The van der Waals surface area contributed by atoms with Crippen LogP contribution in [0.4, 0.5) is 0 Å². The molecule has 0 unspecified atom stereocenters. The molecule has 6 nitrogen and oxygen atoms in total. The van der Waals surface area contributed by atoms with Gasteiger partial charge in [-0.05, 0) is 25.0 Å². The molecule has 0 bridgehead atoms. The van der Waals surface area contributed by atoms with Crippen LogP contribution in [0, 0.1) is 6.92 Å². The monoisotopic (exact) mass is 422 g/mol. The fourth-order valence-corrected chi connectivity index (χ4v) is 3.73. The first-order chi connectivity index (χ1) is 13.5. The molecule has 0 aliphatic heterocycles. The second-order valence-corrected chi connectivity index (χ2v) is 8.76. The van der Waals surface area contributed by atoms with Gasteiger partial charge in [0.05, 0.1) is 0 Å². The van der Waals surface area contributed by atoms with Gasteiger partial charge in [0.1, 0.15) is 0 Å². The van der Waals surface area contributed by atoms with E-state index in [9.17, 15) is 9.59 Å². The molecule has 0 fully saturated rings. The van der Waals surface area contributed by atoms with Gasteiger partial charge in [0.2, 0.25) is 13.1 Å². The van der Waals surface area contributed by atoms with E-state index in [0.717, 1.165) is 17.1 Å². The number of pyridine rings is 1. The Kier molecular flexibility index (Phi) is 12.8. The van der Waals surface area contributed by atoms with Crippen LogP contribution in [0.2, 0.25) is 0 Å². The lowest BCUT2D eigenvalue weighted by Crippen LogP contribution is -2.72. The predicted octanol–water partition coefficient (Wildman–Crippen LogP) is 0.180. The summed E-state index contributed by atoms with van der Waals surface area (Å²) in [4.78, 5) is 26.4. The third-order valence-corrected chi connectivity index (χ3v) is 5.94. The van der Waals surface area contributed by atoms with E-state index in [1.165, 1.54) is 5.56 Å². The van der Waals surface area contributed by atoms with Gasteiger partial charge < -0.3 is 10.6 Å². The molecule has 3 N–H and O–H groups in total. The zero-order valence-electron chi connectivity index (χ0n) is 16.6. The molecule has 2 amide bonds. The summed E-state index contributed by atoms with van der Waals surface area (Å²) in [7, 11) is 3.37. The van der Waals surface area contributed by atoms with Crippen LogP contribution in [0.1, 0.15) is 12.5 Å². The van der Waals surface area contributed by atoms with Gasteiger partial charge in [0.25, 0.3) is 11.8 Å². The van der Waals surface area contributed by atoms with Crippen LogP contribution in [0.25, 0.3) is 0 Å². The SMILES string of the molecule is C=C/C(C)=C\C=[NH+]CC(=O)NCCSSCCNC(=O)C[n+]1ccc(C)cc1. The Labute approximate surface area is 175 Å². The number of nitrogens with one attached hydrogen (secondary N) is 3. The van der Waals surface area contributed by atoms with Gasteiger partial charge in [0.15, 0.2) is 18.6 Å². The summed E-state index contributed by atoms with van der Waals surface area (Å²) >= 11 is 0.